The molecule has 26 heavy (non-hydrogen) atoms. The van der Waals surface area contributed by atoms with Gasteiger partial charge < -0.3 is 15.2 Å². The van der Waals surface area contributed by atoms with Crippen molar-refractivity contribution in [1.82, 2.24) is 15.2 Å². The predicted molar refractivity (Wildman–Crippen MR) is 98.1 cm³/mol. The zero-order valence-corrected chi connectivity index (χ0v) is 15.5. The van der Waals surface area contributed by atoms with Crippen LogP contribution in [0.3, 0.4) is 0 Å². The Morgan fingerprint density at radius 2 is 1.85 bits per heavy atom. The summed E-state index contributed by atoms with van der Waals surface area (Å²) < 4.78 is 22.4. The van der Waals surface area contributed by atoms with Crippen molar-refractivity contribution in [1.29, 1.82) is 0 Å². The van der Waals surface area contributed by atoms with Gasteiger partial charge in [0.05, 0.1) is 4.90 Å². The minimum Gasteiger partial charge on any atom is -0.348 e. The number of pyridine rings is 1. The number of hydrogen-bond acceptors (Lipinski definition) is 5. The van der Waals surface area contributed by atoms with E-state index in [1.807, 2.05) is 18.9 Å². The molecule has 0 atom stereocenters. The number of amides is 1. The van der Waals surface area contributed by atoms with Crippen LogP contribution in [0.5, 0.6) is 0 Å². The molecule has 0 aliphatic carbocycles. The maximum absolute atomic E-state index is 12.2. The molecule has 8 nitrogen and oxygen atoms in total. The zero-order chi connectivity index (χ0) is 19.3. The number of hydrogen-bond donors (Lipinski definition) is 3. The van der Waals surface area contributed by atoms with Gasteiger partial charge in [-0.15, -0.1) is 0 Å². The van der Waals surface area contributed by atoms with E-state index in [1.54, 1.807) is 18.2 Å². The number of H-pyrrole nitrogens is 1. The summed E-state index contributed by atoms with van der Waals surface area (Å²) in [5, 5.41) is 7.67. The summed E-state index contributed by atoms with van der Waals surface area (Å²) in [6.45, 7) is 3.59. The average Bonchev–Trinajstić information content (AvgIpc) is 2.59. The van der Waals surface area contributed by atoms with E-state index in [1.165, 1.54) is 18.2 Å². The predicted octanol–water partition coefficient (Wildman–Crippen LogP) is 0.404. The van der Waals surface area contributed by atoms with E-state index in [4.69, 9.17) is 5.14 Å². The van der Waals surface area contributed by atoms with E-state index in [0.29, 0.717) is 12.1 Å². The number of carbonyl (C=O) groups is 1. The largest absolute Gasteiger partial charge is 0.348 e. The second-order valence-corrected chi connectivity index (χ2v) is 7.49. The van der Waals surface area contributed by atoms with Crippen LogP contribution >= 0.6 is 0 Å². The highest BCUT2D eigenvalue weighted by atomic mass is 32.2. The number of sulfonamides is 1. The fraction of sp³-hybridized carbons (Fsp3) is 0.294. The van der Waals surface area contributed by atoms with Gasteiger partial charge in [0.25, 0.3) is 11.5 Å². The molecule has 0 aliphatic heterocycles. The Labute approximate surface area is 152 Å². The molecule has 0 spiro atoms. The van der Waals surface area contributed by atoms with E-state index >= 15 is 0 Å². The van der Waals surface area contributed by atoms with Crippen LogP contribution in [-0.4, -0.2) is 37.8 Å². The van der Waals surface area contributed by atoms with Crippen molar-refractivity contribution < 1.29 is 13.2 Å². The van der Waals surface area contributed by atoms with Gasteiger partial charge in [-0.1, -0.05) is 19.1 Å². The molecule has 4 N–H and O–H groups in total. The lowest BCUT2D eigenvalue weighted by Gasteiger charge is -2.13. The third-order valence-corrected chi connectivity index (χ3v) is 4.83. The third-order valence-electron chi connectivity index (χ3n) is 3.90. The highest BCUT2D eigenvalue weighted by Crippen LogP contribution is 2.08. The van der Waals surface area contributed by atoms with E-state index in [2.05, 4.69) is 10.3 Å². The monoisotopic (exact) mass is 378 g/mol. The van der Waals surface area contributed by atoms with Crippen LogP contribution in [0.1, 0.15) is 28.5 Å². The number of nitrogens with one attached hydrogen (secondary N) is 2. The topological polar surface area (TPSA) is 125 Å². The summed E-state index contributed by atoms with van der Waals surface area (Å²) in [6, 6.07) is 9.04. The minimum atomic E-state index is -3.75. The van der Waals surface area contributed by atoms with Gasteiger partial charge in [-0.2, -0.15) is 0 Å². The van der Waals surface area contributed by atoms with Crippen molar-refractivity contribution >= 4 is 15.9 Å². The molecular weight excluding hydrogens is 356 g/mol. The number of nitrogens with zero attached hydrogens (tertiary/aromatic N) is 1. The SMILES string of the molecule is CCN(C)Cc1ccc(C(=O)NCc2ccc(S(N)(=O)=O)cc2)c(=O)[nH]1. The number of nitrogens with two attached hydrogens (primary N) is 1. The first-order chi connectivity index (χ1) is 12.2. The first kappa shape index (κ1) is 19.8. The molecule has 0 bridgehead atoms. The molecule has 0 radical (unpaired) electrons. The van der Waals surface area contributed by atoms with Crippen LogP contribution in [-0.2, 0) is 23.1 Å². The van der Waals surface area contributed by atoms with Gasteiger partial charge in [0.1, 0.15) is 5.56 Å². The van der Waals surface area contributed by atoms with Crippen LogP contribution in [0.4, 0.5) is 0 Å². The van der Waals surface area contributed by atoms with Gasteiger partial charge in [0, 0.05) is 18.8 Å². The Bertz CT molecular complexity index is 936. The quantitative estimate of drug-likeness (QED) is 0.643. The summed E-state index contributed by atoms with van der Waals surface area (Å²) in [7, 11) is -1.82. The van der Waals surface area contributed by atoms with Gasteiger partial charge in [0.15, 0.2) is 0 Å². The molecule has 1 aromatic carbocycles. The second-order valence-electron chi connectivity index (χ2n) is 5.93. The Morgan fingerprint density at radius 1 is 1.19 bits per heavy atom. The van der Waals surface area contributed by atoms with E-state index in [9.17, 15) is 18.0 Å². The van der Waals surface area contributed by atoms with Crippen LogP contribution < -0.4 is 16.0 Å². The number of benzene rings is 1. The molecule has 1 aromatic heterocycles. The van der Waals surface area contributed by atoms with Crippen molar-refractivity contribution in [3.05, 3.63) is 63.6 Å². The van der Waals surface area contributed by atoms with E-state index in [0.717, 1.165) is 12.2 Å². The Kier molecular flexibility index (Phi) is 6.30. The third kappa shape index (κ3) is 5.25. The van der Waals surface area contributed by atoms with Gasteiger partial charge in [-0.05, 0) is 43.4 Å². The van der Waals surface area contributed by atoms with Crippen molar-refractivity contribution in [2.24, 2.45) is 5.14 Å². The molecular formula is C17H22N4O4S. The van der Waals surface area contributed by atoms with Crippen LogP contribution in [0.25, 0.3) is 0 Å². The normalized spacial score (nSPS) is 11.5. The van der Waals surface area contributed by atoms with Crippen molar-refractivity contribution in [3.63, 3.8) is 0 Å². The number of carbonyl (C=O) groups excluding carboxylic acids is 1. The van der Waals surface area contributed by atoms with Gasteiger partial charge >= 0.3 is 0 Å². The highest BCUT2D eigenvalue weighted by molar-refractivity contribution is 7.89. The maximum atomic E-state index is 12.2. The summed E-state index contributed by atoms with van der Waals surface area (Å²) in [5.41, 5.74) is 0.987. The minimum absolute atomic E-state index is 0.00310. The number of primary sulfonamides is 1. The van der Waals surface area contributed by atoms with Crippen molar-refractivity contribution in [3.8, 4) is 0 Å². The van der Waals surface area contributed by atoms with Crippen molar-refractivity contribution in [2.75, 3.05) is 13.6 Å². The van der Waals surface area contributed by atoms with Crippen LogP contribution in [0.15, 0.2) is 46.1 Å². The standard InChI is InChI=1S/C17H22N4O4S/c1-3-21(2)11-13-6-9-15(17(23)20-13)16(22)19-10-12-4-7-14(8-5-12)26(18,24)25/h4-9H,3,10-11H2,1-2H3,(H,19,22)(H,20,23)(H2,18,24,25). The first-order valence-corrected chi connectivity index (χ1v) is 9.56. The van der Waals surface area contributed by atoms with Gasteiger partial charge in [0.2, 0.25) is 10.0 Å². The Hall–Kier alpha value is -2.49. The summed E-state index contributed by atoms with van der Waals surface area (Å²) >= 11 is 0. The van der Waals surface area contributed by atoms with Crippen LogP contribution in [0.2, 0.25) is 0 Å². The molecule has 2 aromatic rings. The summed E-state index contributed by atoms with van der Waals surface area (Å²) in [6.07, 6.45) is 0. The summed E-state index contributed by atoms with van der Waals surface area (Å²) in [5.74, 6) is -0.503. The first-order valence-electron chi connectivity index (χ1n) is 8.01. The molecule has 0 fully saturated rings. The fourth-order valence-corrected chi connectivity index (χ4v) is 2.78. The molecule has 1 amide bonds. The van der Waals surface area contributed by atoms with Crippen LogP contribution in [0, 0.1) is 0 Å². The lowest BCUT2D eigenvalue weighted by molar-refractivity contribution is 0.0949. The van der Waals surface area contributed by atoms with E-state index < -0.39 is 21.5 Å². The van der Waals surface area contributed by atoms with Gasteiger partial charge in [-0.25, -0.2) is 13.6 Å². The zero-order valence-electron chi connectivity index (χ0n) is 14.7. The molecule has 2 rings (SSSR count). The van der Waals surface area contributed by atoms with Crippen molar-refractivity contribution in [2.45, 2.75) is 24.9 Å². The fourth-order valence-electron chi connectivity index (χ4n) is 2.26. The molecule has 1 heterocycles. The van der Waals surface area contributed by atoms with Gasteiger partial charge in [-0.3, -0.25) is 9.59 Å². The van der Waals surface area contributed by atoms with E-state index in [-0.39, 0.29) is 17.0 Å². The number of aromatic amines is 1. The molecule has 0 saturated carbocycles. The molecule has 9 heteroatoms. The molecule has 0 aliphatic rings. The molecule has 0 unspecified atom stereocenters. The lowest BCUT2D eigenvalue weighted by Crippen LogP contribution is -2.30. The molecule has 140 valence electrons. The average molecular weight is 378 g/mol. The summed E-state index contributed by atoms with van der Waals surface area (Å²) in [4.78, 5) is 29.0. The smallest absolute Gasteiger partial charge is 0.261 e. The number of rotatable bonds is 7. The Morgan fingerprint density at radius 3 is 2.38 bits per heavy atom. The highest BCUT2D eigenvalue weighted by Gasteiger charge is 2.12. The lowest BCUT2D eigenvalue weighted by atomic mass is 10.2. The number of aromatic nitrogens is 1. The second kappa shape index (κ2) is 8.26. The molecule has 0 saturated heterocycles. The maximum Gasteiger partial charge on any atom is 0.261 e. The Balaban J connectivity index is 2.03.